The second-order valence-corrected chi connectivity index (χ2v) is 5.92. The van der Waals surface area contributed by atoms with Crippen molar-refractivity contribution in [2.45, 2.75) is 59.2 Å². The number of nitrogens with zero attached hydrogens (tertiary/aromatic N) is 4. The van der Waals surface area contributed by atoms with Gasteiger partial charge in [-0.1, -0.05) is 13.8 Å². The van der Waals surface area contributed by atoms with Crippen molar-refractivity contribution in [2.24, 2.45) is 5.92 Å². The third-order valence-electron chi connectivity index (χ3n) is 3.60. The summed E-state index contributed by atoms with van der Waals surface area (Å²) in [4.78, 5) is 18.0. The minimum absolute atomic E-state index is 0.278. The zero-order valence-electron chi connectivity index (χ0n) is 12.2. The first-order valence-corrected chi connectivity index (χ1v) is 7.16. The standard InChI is InChI=1S/C14H24N4O/c1-11(2)8-18-14(15-10-16-18)9-17-6-4-5-13(17)7-12(3)19/h10-11,13H,4-9H2,1-3H3. The number of rotatable bonds is 6. The highest BCUT2D eigenvalue weighted by molar-refractivity contribution is 5.76. The molecule has 0 aliphatic carbocycles. The van der Waals surface area contributed by atoms with Gasteiger partial charge in [-0.25, -0.2) is 9.67 Å². The molecule has 2 rings (SSSR count). The molecule has 0 amide bonds. The fraction of sp³-hybridized carbons (Fsp3) is 0.786. The number of carbonyl (C=O) groups excluding carboxylic acids is 1. The molecule has 5 heteroatoms. The van der Waals surface area contributed by atoms with Crippen molar-refractivity contribution in [1.82, 2.24) is 19.7 Å². The van der Waals surface area contributed by atoms with Crippen LogP contribution in [0.15, 0.2) is 6.33 Å². The van der Waals surface area contributed by atoms with Crippen molar-refractivity contribution in [3.05, 3.63) is 12.2 Å². The Kier molecular flexibility index (Phi) is 4.69. The number of hydrogen-bond donors (Lipinski definition) is 0. The van der Waals surface area contributed by atoms with Gasteiger partial charge in [-0.15, -0.1) is 0 Å². The predicted molar refractivity (Wildman–Crippen MR) is 73.6 cm³/mol. The summed E-state index contributed by atoms with van der Waals surface area (Å²) in [6, 6.07) is 0.390. The molecule has 1 atom stereocenters. The van der Waals surface area contributed by atoms with Gasteiger partial charge in [0, 0.05) is 19.0 Å². The van der Waals surface area contributed by atoms with E-state index < -0.39 is 0 Å². The first kappa shape index (κ1) is 14.2. The molecule has 1 saturated heterocycles. The monoisotopic (exact) mass is 264 g/mol. The first-order chi connectivity index (χ1) is 9.06. The fourth-order valence-corrected chi connectivity index (χ4v) is 2.76. The number of hydrogen-bond acceptors (Lipinski definition) is 4. The average molecular weight is 264 g/mol. The lowest BCUT2D eigenvalue weighted by atomic mass is 10.1. The van der Waals surface area contributed by atoms with Gasteiger partial charge >= 0.3 is 0 Å². The Labute approximate surface area is 115 Å². The van der Waals surface area contributed by atoms with Gasteiger partial charge in [-0.05, 0) is 32.2 Å². The van der Waals surface area contributed by atoms with Crippen LogP contribution >= 0.6 is 0 Å². The smallest absolute Gasteiger partial charge is 0.141 e. The lowest BCUT2D eigenvalue weighted by molar-refractivity contribution is -0.118. The maximum atomic E-state index is 11.3. The van der Waals surface area contributed by atoms with E-state index in [1.807, 2.05) is 4.68 Å². The molecule has 1 unspecified atom stereocenters. The zero-order chi connectivity index (χ0) is 13.8. The van der Waals surface area contributed by atoms with Gasteiger partial charge in [0.15, 0.2) is 0 Å². The fourth-order valence-electron chi connectivity index (χ4n) is 2.76. The predicted octanol–water partition coefficient (Wildman–Crippen LogP) is 1.88. The quantitative estimate of drug-likeness (QED) is 0.787. The highest BCUT2D eigenvalue weighted by atomic mass is 16.1. The Hall–Kier alpha value is -1.23. The Morgan fingerprint density at radius 2 is 2.32 bits per heavy atom. The summed E-state index contributed by atoms with van der Waals surface area (Å²) >= 11 is 0. The minimum atomic E-state index is 0.278. The topological polar surface area (TPSA) is 51.0 Å². The molecule has 0 radical (unpaired) electrons. The van der Waals surface area contributed by atoms with Crippen LogP contribution < -0.4 is 0 Å². The first-order valence-electron chi connectivity index (χ1n) is 7.16. The summed E-state index contributed by atoms with van der Waals surface area (Å²) in [5.41, 5.74) is 0. The Balaban J connectivity index is 2.00. The number of carbonyl (C=O) groups is 1. The van der Waals surface area contributed by atoms with Gasteiger partial charge in [0.05, 0.1) is 6.54 Å². The van der Waals surface area contributed by atoms with Crippen LogP contribution in [0.1, 0.15) is 45.9 Å². The molecule has 1 aromatic rings. The van der Waals surface area contributed by atoms with Crippen LogP contribution in [0, 0.1) is 5.92 Å². The molecule has 1 aromatic heterocycles. The highest BCUT2D eigenvalue weighted by Gasteiger charge is 2.26. The molecule has 0 N–H and O–H groups in total. The number of aromatic nitrogens is 3. The summed E-state index contributed by atoms with van der Waals surface area (Å²) in [5, 5.41) is 4.30. The van der Waals surface area contributed by atoms with E-state index in [0.717, 1.165) is 31.9 Å². The summed E-state index contributed by atoms with van der Waals surface area (Å²) in [6.45, 7) is 8.81. The lowest BCUT2D eigenvalue weighted by Crippen LogP contribution is -2.31. The van der Waals surface area contributed by atoms with E-state index in [-0.39, 0.29) is 5.78 Å². The maximum absolute atomic E-state index is 11.3. The van der Waals surface area contributed by atoms with Gasteiger partial charge < -0.3 is 0 Å². The third kappa shape index (κ3) is 3.86. The van der Waals surface area contributed by atoms with E-state index >= 15 is 0 Å². The zero-order valence-corrected chi connectivity index (χ0v) is 12.2. The molecule has 0 spiro atoms. The maximum Gasteiger partial charge on any atom is 0.141 e. The summed E-state index contributed by atoms with van der Waals surface area (Å²) in [5.74, 6) is 1.86. The average Bonchev–Trinajstić information content (AvgIpc) is 2.89. The van der Waals surface area contributed by atoms with Gasteiger partial charge in [0.2, 0.25) is 0 Å². The molecule has 0 aromatic carbocycles. The van der Waals surface area contributed by atoms with E-state index in [0.29, 0.717) is 18.4 Å². The molecule has 0 saturated carbocycles. The summed E-state index contributed by atoms with van der Waals surface area (Å²) in [6.07, 6.45) is 4.60. The Morgan fingerprint density at radius 3 is 3.00 bits per heavy atom. The lowest BCUT2D eigenvalue weighted by Gasteiger charge is -2.23. The van der Waals surface area contributed by atoms with Crippen LogP contribution in [0.4, 0.5) is 0 Å². The number of Topliss-reactive ketones (excluding diaryl/α,β-unsaturated/α-hetero) is 1. The van der Waals surface area contributed by atoms with Crippen LogP contribution in [-0.2, 0) is 17.9 Å². The van der Waals surface area contributed by atoms with E-state index in [4.69, 9.17) is 0 Å². The van der Waals surface area contributed by atoms with Crippen LogP contribution in [0.3, 0.4) is 0 Å². The number of ketones is 1. The van der Waals surface area contributed by atoms with Crippen molar-refractivity contribution in [2.75, 3.05) is 6.54 Å². The Bertz CT molecular complexity index is 427. The molecule has 1 aliphatic rings. The van der Waals surface area contributed by atoms with Crippen molar-refractivity contribution in [3.8, 4) is 0 Å². The molecule has 1 fully saturated rings. The largest absolute Gasteiger partial charge is 0.300 e. The van der Waals surface area contributed by atoms with Crippen LogP contribution in [0.2, 0.25) is 0 Å². The second-order valence-electron chi connectivity index (χ2n) is 5.92. The van der Waals surface area contributed by atoms with Crippen molar-refractivity contribution < 1.29 is 4.79 Å². The van der Waals surface area contributed by atoms with Crippen LogP contribution in [0.25, 0.3) is 0 Å². The molecule has 19 heavy (non-hydrogen) atoms. The van der Waals surface area contributed by atoms with E-state index in [9.17, 15) is 4.79 Å². The van der Waals surface area contributed by atoms with E-state index in [1.54, 1.807) is 13.3 Å². The molecule has 1 aliphatic heterocycles. The highest BCUT2D eigenvalue weighted by Crippen LogP contribution is 2.22. The van der Waals surface area contributed by atoms with Gasteiger partial charge in [0.25, 0.3) is 0 Å². The van der Waals surface area contributed by atoms with E-state index in [2.05, 4.69) is 28.8 Å². The second kappa shape index (κ2) is 6.28. The number of likely N-dealkylation sites (tertiary alicyclic amines) is 1. The third-order valence-corrected chi connectivity index (χ3v) is 3.60. The van der Waals surface area contributed by atoms with Crippen molar-refractivity contribution in [3.63, 3.8) is 0 Å². The molecule has 5 nitrogen and oxygen atoms in total. The van der Waals surface area contributed by atoms with Gasteiger partial charge in [-0.3, -0.25) is 9.69 Å². The van der Waals surface area contributed by atoms with Crippen molar-refractivity contribution in [1.29, 1.82) is 0 Å². The summed E-state index contributed by atoms with van der Waals surface area (Å²) < 4.78 is 1.99. The molecule has 0 bridgehead atoms. The molecule has 2 heterocycles. The Morgan fingerprint density at radius 1 is 1.53 bits per heavy atom. The van der Waals surface area contributed by atoms with Crippen molar-refractivity contribution >= 4 is 5.78 Å². The van der Waals surface area contributed by atoms with Gasteiger partial charge in [0.1, 0.15) is 17.9 Å². The normalized spacial score (nSPS) is 20.3. The summed E-state index contributed by atoms with van der Waals surface area (Å²) in [7, 11) is 0. The van der Waals surface area contributed by atoms with Gasteiger partial charge in [-0.2, -0.15) is 5.10 Å². The molecular formula is C14H24N4O. The SMILES string of the molecule is CC(=O)CC1CCCN1Cc1ncnn1CC(C)C. The van der Waals surface area contributed by atoms with Crippen LogP contribution in [0.5, 0.6) is 0 Å². The van der Waals surface area contributed by atoms with E-state index in [1.165, 1.54) is 6.42 Å². The van der Waals surface area contributed by atoms with Crippen LogP contribution in [-0.4, -0.2) is 38.0 Å². The molecule has 106 valence electrons. The molecular weight excluding hydrogens is 240 g/mol. The minimum Gasteiger partial charge on any atom is -0.300 e.